The highest BCUT2D eigenvalue weighted by Gasteiger charge is 2.18. The zero-order valence-electron chi connectivity index (χ0n) is 9.92. The monoisotopic (exact) mass is 207 g/mol. The standard InChI is InChI=1S/C13H21NO/c1-4-11-6-5-7-12(10-11)15-13(2,3)8-9-14/h5-7,10H,4,8-9,14H2,1-3H3. The van der Waals surface area contributed by atoms with Crippen LogP contribution in [-0.2, 0) is 6.42 Å². The highest BCUT2D eigenvalue weighted by molar-refractivity contribution is 5.28. The molecule has 0 saturated carbocycles. The van der Waals surface area contributed by atoms with Gasteiger partial charge in [-0.15, -0.1) is 0 Å². The fraction of sp³-hybridized carbons (Fsp3) is 0.538. The van der Waals surface area contributed by atoms with E-state index < -0.39 is 0 Å². The second kappa shape index (κ2) is 5.17. The van der Waals surface area contributed by atoms with Crippen LogP contribution in [0.2, 0.25) is 0 Å². The minimum absolute atomic E-state index is 0.179. The van der Waals surface area contributed by atoms with E-state index in [4.69, 9.17) is 10.5 Å². The van der Waals surface area contributed by atoms with Crippen molar-refractivity contribution in [2.24, 2.45) is 5.73 Å². The lowest BCUT2D eigenvalue weighted by atomic mass is 10.1. The number of rotatable bonds is 5. The highest BCUT2D eigenvalue weighted by Crippen LogP contribution is 2.21. The van der Waals surface area contributed by atoms with Crippen molar-refractivity contribution in [3.05, 3.63) is 29.8 Å². The Balaban J connectivity index is 2.71. The second-order valence-electron chi connectivity index (χ2n) is 4.40. The van der Waals surface area contributed by atoms with Crippen LogP contribution in [0.15, 0.2) is 24.3 Å². The van der Waals surface area contributed by atoms with Gasteiger partial charge in [0.25, 0.3) is 0 Å². The summed E-state index contributed by atoms with van der Waals surface area (Å²) in [6.07, 6.45) is 1.90. The molecule has 0 atom stereocenters. The Morgan fingerprint density at radius 1 is 1.33 bits per heavy atom. The van der Waals surface area contributed by atoms with Gasteiger partial charge in [-0.2, -0.15) is 0 Å². The summed E-state index contributed by atoms with van der Waals surface area (Å²) in [5.74, 6) is 0.938. The van der Waals surface area contributed by atoms with Gasteiger partial charge in [0, 0.05) is 0 Å². The first-order valence-electron chi connectivity index (χ1n) is 5.55. The van der Waals surface area contributed by atoms with Crippen LogP contribution in [0.1, 0.15) is 32.8 Å². The van der Waals surface area contributed by atoms with Crippen molar-refractivity contribution in [2.75, 3.05) is 6.54 Å². The van der Waals surface area contributed by atoms with Gasteiger partial charge in [-0.05, 0) is 50.9 Å². The summed E-state index contributed by atoms with van der Waals surface area (Å²) in [4.78, 5) is 0. The van der Waals surface area contributed by atoms with Crippen LogP contribution in [0, 0.1) is 0 Å². The quantitative estimate of drug-likeness (QED) is 0.805. The van der Waals surface area contributed by atoms with Gasteiger partial charge in [-0.3, -0.25) is 0 Å². The molecule has 2 N–H and O–H groups in total. The topological polar surface area (TPSA) is 35.2 Å². The van der Waals surface area contributed by atoms with Gasteiger partial charge in [-0.25, -0.2) is 0 Å². The van der Waals surface area contributed by atoms with Gasteiger partial charge in [0.05, 0.1) is 0 Å². The molecule has 0 bridgehead atoms. The highest BCUT2D eigenvalue weighted by atomic mass is 16.5. The molecule has 0 aliphatic carbocycles. The number of aryl methyl sites for hydroxylation is 1. The molecule has 84 valence electrons. The maximum atomic E-state index is 5.90. The van der Waals surface area contributed by atoms with Crippen molar-refractivity contribution in [3.8, 4) is 5.75 Å². The first kappa shape index (κ1) is 12.1. The SMILES string of the molecule is CCc1cccc(OC(C)(C)CCN)c1. The summed E-state index contributed by atoms with van der Waals surface area (Å²) in [6, 6.07) is 8.24. The van der Waals surface area contributed by atoms with Gasteiger partial charge < -0.3 is 10.5 Å². The Morgan fingerprint density at radius 2 is 2.07 bits per heavy atom. The summed E-state index contributed by atoms with van der Waals surface area (Å²) in [7, 11) is 0. The lowest BCUT2D eigenvalue weighted by Gasteiger charge is -2.26. The lowest BCUT2D eigenvalue weighted by molar-refractivity contribution is 0.102. The maximum Gasteiger partial charge on any atom is 0.120 e. The largest absolute Gasteiger partial charge is 0.488 e. The van der Waals surface area contributed by atoms with E-state index in [1.54, 1.807) is 0 Å². The predicted molar refractivity (Wildman–Crippen MR) is 64.2 cm³/mol. The Kier molecular flexibility index (Phi) is 4.15. The van der Waals surface area contributed by atoms with Crippen molar-refractivity contribution in [2.45, 2.75) is 39.2 Å². The number of hydrogen-bond donors (Lipinski definition) is 1. The van der Waals surface area contributed by atoms with E-state index in [1.165, 1.54) is 5.56 Å². The van der Waals surface area contributed by atoms with Crippen molar-refractivity contribution in [1.82, 2.24) is 0 Å². The van der Waals surface area contributed by atoms with Crippen LogP contribution in [0.25, 0.3) is 0 Å². The van der Waals surface area contributed by atoms with Crippen molar-refractivity contribution in [3.63, 3.8) is 0 Å². The van der Waals surface area contributed by atoms with Crippen LogP contribution in [-0.4, -0.2) is 12.1 Å². The van der Waals surface area contributed by atoms with E-state index in [0.29, 0.717) is 6.54 Å². The minimum atomic E-state index is -0.179. The van der Waals surface area contributed by atoms with Crippen LogP contribution in [0.5, 0.6) is 5.75 Å². The third-order valence-electron chi connectivity index (χ3n) is 2.45. The van der Waals surface area contributed by atoms with Crippen molar-refractivity contribution in [1.29, 1.82) is 0 Å². The van der Waals surface area contributed by atoms with Gasteiger partial charge in [0.1, 0.15) is 11.4 Å². The normalized spacial score (nSPS) is 11.5. The Bertz CT molecular complexity index is 307. The zero-order valence-corrected chi connectivity index (χ0v) is 9.92. The molecule has 15 heavy (non-hydrogen) atoms. The molecule has 2 heteroatoms. The molecule has 0 spiro atoms. The van der Waals surface area contributed by atoms with Crippen molar-refractivity contribution >= 4 is 0 Å². The Morgan fingerprint density at radius 3 is 2.67 bits per heavy atom. The van der Waals surface area contributed by atoms with E-state index in [0.717, 1.165) is 18.6 Å². The summed E-state index contributed by atoms with van der Waals surface area (Å²) in [6.45, 7) is 6.93. The molecule has 0 fully saturated rings. The molecule has 0 aliphatic heterocycles. The molecular formula is C13H21NO. The molecule has 0 radical (unpaired) electrons. The zero-order chi connectivity index (χ0) is 11.3. The number of ether oxygens (including phenoxy) is 1. The van der Waals surface area contributed by atoms with Crippen LogP contribution >= 0.6 is 0 Å². The summed E-state index contributed by atoms with van der Waals surface area (Å²) in [5, 5.41) is 0. The summed E-state index contributed by atoms with van der Waals surface area (Å²) in [5.41, 5.74) is 6.67. The van der Waals surface area contributed by atoms with E-state index in [9.17, 15) is 0 Å². The smallest absolute Gasteiger partial charge is 0.120 e. The average Bonchev–Trinajstić information content (AvgIpc) is 2.17. The fourth-order valence-corrected chi connectivity index (χ4v) is 1.55. The molecule has 0 unspecified atom stereocenters. The van der Waals surface area contributed by atoms with Crippen LogP contribution < -0.4 is 10.5 Å². The maximum absolute atomic E-state index is 5.90. The lowest BCUT2D eigenvalue weighted by Crippen LogP contribution is -2.31. The van der Waals surface area contributed by atoms with Gasteiger partial charge in [0.15, 0.2) is 0 Å². The fourth-order valence-electron chi connectivity index (χ4n) is 1.55. The molecule has 1 rings (SSSR count). The number of benzene rings is 1. The minimum Gasteiger partial charge on any atom is -0.488 e. The molecule has 2 nitrogen and oxygen atoms in total. The Labute approximate surface area is 92.4 Å². The van der Waals surface area contributed by atoms with E-state index in [1.807, 2.05) is 12.1 Å². The third kappa shape index (κ3) is 3.92. The molecule has 1 aromatic carbocycles. The first-order valence-corrected chi connectivity index (χ1v) is 5.55. The van der Waals surface area contributed by atoms with E-state index >= 15 is 0 Å². The van der Waals surface area contributed by atoms with Crippen molar-refractivity contribution < 1.29 is 4.74 Å². The predicted octanol–water partition coefficient (Wildman–Crippen LogP) is 2.76. The van der Waals surface area contributed by atoms with Crippen LogP contribution in [0.3, 0.4) is 0 Å². The van der Waals surface area contributed by atoms with Gasteiger partial charge >= 0.3 is 0 Å². The summed E-state index contributed by atoms with van der Waals surface area (Å²) >= 11 is 0. The van der Waals surface area contributed by atoms with Gasteiger partial charge in [0.2, 0.25) is 0 Å². The van der Waals surface area contributed by atoms with E-state index in [2.05, 4.69) is 32.9 Å². The average molecular weight is 207 g/mol. The molecule has 1 aromatic rings. The van der Waals surface area contributed by atoms with Gasteiger partial charge in [-0.1, -0.05) is 19.1 Å². The van der Waals surface area contributed by atoms with Crippen LogP contribution in [0.4, 0.5) is 0 Å². The number of hydrogen-bond acceptors (Lipinski definition) is 2. The molecule has 0 aliphatic rings. The van der Waals surface area contributed by atoms with E-state index in [-0.39, 0.29) is 5.60 Å². The first-order chi connectivity index (χ1) is 7.07. The molecule has 0 heterocycles. The third-order valence-corrected chi connectivity index (χ3v) is 2.45. The molecule has 0 aromatic heterocycles. The Hall–Kier alpha value is -1.02. The summed E-state index contributed by atoms with van der Waals surface area (Å²) < 4.78 is 5.90. The second-order valence-corrected chi connectivity index (χ2v) is 4.40. The molecule has 0 saturated heterocycles. The molecule has 0 amide bonds. The number of nitrogens with two attached hydrogens (primary N) is 1. The molecular weight excluding hydrogens is 186 g/mol.